The third kappa shape index (κ3) is 4.63. The van der Waals surface area contributed by atoms with Crippen LogP contribution in [0.15, 0.2) is 24.3 Å². The Balaban J connectivity index is 2.67. The van der Waals surface area contributed by atoms with Gasteiger partial charge in [-0.05, 0) is 41.9 Å². The average molecular weight is 256 g/mol. The second-order valence-corrected chi connectivity index (χ2v) is 5.38. The van der Waals surface area contributed by atoms with E-state index in [1.54, 1.807) is 12.1 Å². The van der Waals surface area contributed by atoms with Crippen molar-refractivity contribution in [2.45, 2.75) is 40.7 Å². The molecular formula is C15H22F2O. The molecule has 102 valence electrons. The molecule has 0 aromatic heterocycles. The molecule has 0 aliphatic carbocycles. The molecule has 0 bridgehead atoms. The lowest BCUT2D eigenvalue weighted by Gasteiger charge is -2.25. The maximum Gasteiger partial charge on any atom is 0.387 e. The molecule has 0 spiro atoms. The minimum Gasteiger partial charge on any atom is -0.435 e. The second kappa shape index (κ2) is 6.72. The van der Waals surface area contributed by atoms with Crippen LogP contribution in [0.3, 0.4) is 0 Å². The molecule has 1 nitrogen and oxygen atoms in total. The van der Waals surface area contributed by atoms with E-state index in [0.29, 0.717) is 17.8 Å². The Morgan fingerprint density at radius 1 is 0.944 bits per heavy atom. The molecule has 18 heavy (non-hydrogen) atoms. The molecule has 1 aromatic rings. The lowest BCUT2D eigenvalue weighted by atomic mass is 9.81. The number of ether oxygens (including phenoxy) is 1. The van der Waals surface area contributed by atoms with Gasteiger partial charge in [-0.3, -0.25) is 0 Å². The normalized spacial score (nSPS) is 11.9. The van der Waals surface area contributed by atoms with E-state index in [9.17, 15) is 8.78 Å². The van der Waals surface area contributed by atoms with Gasteiger partial charge in [0, 0.05) is 0 Å². The summed E-state index contributed by atoms with van der Waals surface area (Å²) in [6.45, 7) is 6.13. The fourth-order valence-electron chi connectivity index (χ4n) is 2.32. The molecule has 0 aliphatic heterocycles. The smallest absolute Gasteiger partial charge is 0.387 e. The van der Waals surface area contributed by atoms with Crippen molar-refractivity contribution in [3.05, 3.63) is 29.8 Å². The van der Waals surface area contributed by atoms with Gasteiger partial charge in [0.25, 0.3) is 0 Å². The number of rotatable bonds is 6. The zero-order chi connectivity index (χ0) is 13.7. The molecular weight excluding hydrogens is 234 g/mol. The first-order valence-electron chi connectivity index (χ1n) is 6.44. The highest BCUT2D eigenvalue weighted by molar-refractivity contribution is 5.27. The van der Waals surface area contributed by atoms with E-state index in [0.717, 1.165) is 6.42 Å². The van der Waals surface area contributed by atoms with Gasteiger partial charge in [0.05, 0.1) is 0 Å². The Hall–Kier alpha value is -1.12. The maximum absolute atomic E-state index is 12.0. The fourth-order valence-corrected chi connectivity index (χ4v) is 2.32. The van der Waals surface area contributed by atoms with Gasteiger partial charge in [-0.2, -0.15) is 8.78 Å². The highest BCUT2D eigenvalue weighted by atomic mass is 19.3. The summed E-state index contributed by atoms with van der Waals surface area (Å²) >= 11 is 0. The number of hydrogen-bond donors (Lipinski definition) is 0. The van der Waals surface area contributed by atoms with Crippen LogP contribution in [0.1, 0.15) is 33.3 Å². The first-order chi connectivity index (χ1) is 8.40. The summed E-state index contributed by atoms with van der Waals surface area (Å²) in [5, 5.41) is 0. The minimum absolute atomic E-state index is 0.222. The van der Waals surface area contributed by atoms with Crippen molar-refractivity contribution in [1.82, 2.24) is 0 Å². The van der Waals surface area contributed by atoms with E-state index < -0.39 is 6.61 Å². The van der Waals surface area contributed by atoms with Crippen LogP contribution in [0.25, 0.3) is 0 Å². The first kappa shape index (κ1) is 14.9. The van der Waals surface area contributed by atoms with E-state index >= 15 is 0 Å². The molecule has 1 aromatic carbocycles. The molecule has 0 saturated heterocycles. The van der Waals surface area contributed by atoms with Crippen LogP contribution in [-0.4, -0.2) is 6.61 Å². The lowest BCUT2D eigenvalue weighted by Crippen LogP contribution is -2.18. The number of hydrogen-bond acceptors (Lipinski definition) is 1. The summed E-state index contributed by atoms with van der Waals surface area (Å²) in [4.78, 5) is 0. The highest BCUT2D eigenvalue weighted by Gasteiger charge is 2.17. The van der Waals surface area contributed by atoms with E-state index in [4.69, 9.17) is 0 Å². The van der Waals surface area contributed by atoms with Crippen LogP contribution >= 0.6 is 0 Å². The Labute approximate surface area is 108 Å². The second-order valence-electron chi connectivity index (χ2n) is 5.38. The summed E-state index contributed by atoms with van der Waals surface area (Å²) in [7, 11) is 0. The van der Waals surface area contributed by atoms with E-state index in [2.05, 4.69) is 32.4 Å². The molecule has 0 aliphatic rings. The van der Waals surface area contributed by atoms with Crippen LogP contribution in [0, 0.1) is 17.8 Å². The van der Waals surface area contributed by atoms with Crippen LogP contribution in [0.5, 0.6) is 5.75 Å². The minimum atomic E-state index is -2.75. The number of alkyl halides is 2. The Morgan fingerprint density at radius 3 is 1.83 bits per heavy atom. The third-order valence-electron chi connectivity index (χ3n) is 3.33. The summed E-state index contributed by atoms with van der Waals surface area (Å²) < 4.78 is 28.4. The van der Waals surface area contributed by atoms with Gasteiger partial charge in [-0.15, -0.1) is 0 Å². The van der Waals surface area contributed by atoms with Gasteiger partial charge in [0.2, 0.25) is 0 Å². The Kier molecular flexibility index (Phi) is 5.57. The fraction of sp³-hybridized carbons (Fsp3) is 0.600. The molecule has 0 amide bonds. The largest absolute Gasteiger partial charge is 0.435 e. The summed E-state index contributed by atoms with van der Waals surface area (Å²) in [5.41, 5.74) is 1.17. The summed E-state index contributed by atoms with van der Waals surface area (Å²) in [6, 6.07) is 6.96. The highest BCUT2D eigenvalue weighted by Crippen LogP contribution is 2.26. The van der Waals surface area contributed by atoms with E-state index in [1.807, 2.05) is 12.1 Å². The standard InChI is InChI=1S/C15H22F2O/c1-10(2)14(11(3)4)9-12-5-7-13(8-6-12)18-15(16)17/h5-8,10-11,14-15H,9H2,1-4H3. The molecule has 0 N–H and O–H groups in total. The van der Waals surface area contributed by atoms with Crippen molar-refractivity contribution in [2.75, 3.05) is 0 Å². The van der Waals surface area contributed by atoms with Gasteiger partial charge in [0.15, 0.2) is 0 Å². The van der Waals surface area contributed by atoms with Gasteiger partial charge >= 0.3 is 6.61 Å². The summed E-state index contributed by atoms with van der Waals surface area (Å²) in [6.07, 6.45) is 0.976. The van der Waals surface area contributed by atoms with Crippen molar-refractivity contribution < 1.29 is 13.5 Å². The van der Waals surface area contributed by atoms with Crippen molar-refractivity contribution in [2.24, 2.45) is 17.8 Å². The van der Waals surface area contributed by atoms with Crippen LogP contribution in [-0.2, 0) is 6.42 Å². The maximum atomic E-state index is 12.0. The predicted octanol–water partition coefficient (Wildman–Crippen LogP) is 4.76. The monoisotopic (exact) mass is 256 g/mol. The molecule has 3 heteroatoms. The van der Waals surface area contributed by atoms with E-state index in [-0.39, 0.29) is 5.75 Å². The van der Waals surface area contributed by atoms with Gasteiger partial charge in [0.1, 0.15) is 5.75 Å². The number of benzene rings is 1. The lowest BCUT2D eigenvalue weighted by molar-refractivity contribution is -0.0498. The average Bonchev–Trinajstić information content (AvgIpc) is 2.26. The Bertz CT molecular complexity index is 336. The first-order valence-corrected chi connectivity index (χ1v) is 6.44. The van der Waals surface area contributed by atoms with Crippen LogP contribution in [0.2, 0.25) is 0 Å². The van der Waals surface area contributed by atoms with Crippen molar-refractivity contribution >= 4 is 0 Å². The van der Waals surface area contributed by atoms with Crippen LogP contribution in [0.4, 0.5) is 8.78 Å². The van der Waals surface area contributed by atoms with Crippen molar-refractivity contribution in [1.29, 1.82) is 0 Å². The SMILES string of the molecule is CC(C)C(Cc1ccc(OC(F)F)cc1)C(C)C. The number of halogens is 2. The zero-order valence-electron chi connectivity index (χ0n) is 11.5. The molecule has 0 saturated carbocycles. The van der Waals surface area contributed by atoms with Gasteiger partial charge in [-0.25, -0.2) is 0 Å². The predicted molar refractivity (Wildman–Crippen MR) is 69.9 cm³/mol. The van der Waals surface area contributed by atoms with Gasteiger partial charge in [-0.1, -0.05) is 39.8 Å². The molecule has 0 atom stereocenters. The Morgan fingerprint density at radius 2 is 1.44 bits per heavy atom. The van der Waals surface area contributed by atoms with Crippen LogP contribution < -0.4 is 4.74 Å². The molecule has 0 heterocycles. The topological polar surface area (TPSA) is 9.23 Å². The zero-order valence-corrected chi connectivity index (χ0v) is 11.5. The van der Waals surface area contributed by atoms with Gasteiger partial charge < -0.3 is 4.74 Å². The molecule has 0 unspecified atom stereocenters. The third-order valence-corrected chi connectivity index (χ3v) is 3.33. The quantitative estimate of drug-likeness (QED) is 0.713. The summed E-state index contributed by atoms with van der Waals surface area (Å²) in [5.74, 6) is 2.05. The molecule has 0 radical (unpaired) electrons. The van der Waals surface area contributed by atoms with Crippen molar-refractivity contribution in [3.8, 4) is 5.75 Å². The van der Waals surface area contributed by atoms with Crippen molar-refractivity contribution in [3.63, 3.8) is 0 Å². The molecule has 1 rings (SSSR count). The van der Waals surface area contributed by atoms with E-state index in [1.165, 1.54) is 5.56 Å². The molecule has 0 fully saturated rings.